The lowest BCUT2D eigenvalue weighted by atomic mass is 9.97. The van der Waals surface area contributed by atoms with E-state index in [0.29, 0.717) is 5.75 Å². The SMILES string of the molecule is C=CC(=O)Oc1ccc(C2CC(c3ccc(CC)cc3)=NN2c2ccc(C)cc2)cc1. The summed E-state index contributed by atoms with van der Waals surface area (Å²) in [6.45, 7) is 7.68. The van der Waals surface area contributed by atoms with Crippen molar-refractivity contribution in [3.05, 3.63) is 108 Å². The van der Waals surface area contributed by atoms with Crippen molar-refractivity contribution in [3.8, 4) is 5.75 Å². The second-order valence-electron chi connectivity index (χ2n) is 7.69. The van der Waals surface area contributed by atoms with Crippen molar-refractivity contribution in [1.82, 2.24) is 0 Å². The van der Waals surface area contributed by atoms with Gasteiger partial charge in [0, 0.05) is 12.5 Å². The molecular weight excluding hydrogens is 384 g/mol. The number of ether oxygens (including phenoxy) is 1. The van der Waals surface area contributed by atoms with Crippen molar-refractivity contribution in [2.24, 2.45) is 5.10 Å². The van der Waals surface area contributed by atoms with Gasteiger partial charge in [-0.1, -0.05) is 67.6 Å². The zero-order valence-electron chi connectivity index (χ0n) is 17.9. The summed E-state index contributed by atoms with van der Waals surface area (Å²) >= 11 is 0. The second kappa shape index (κ2) is 9.00. The molecule has 4 nitrogen and oxygen atoms in total. The quantitative estimate of drug-likeness (QED) is 0.284. The summed E-state index contributed by atoms with van der Waals surface area (Å²) in [4.78, 5) is 11.5. The molecule has 0 spiro atoms. The highest BCUT2D eigenvalue weighted by molar-refractivity contribution is 6.03. The standard InChI is InChI=1S/C27H26N2O2/c1-4-20-8-10-21(11-9-20)25-18-26(29(28-25)23-14-6-19(3)7-15-23)22-12-16-24(17-13-22)31-27(30)5-2/h5-17,26H,2,4,18H2,1,3H3. The predicted octanol–water partition coefficient (Wildman–Crippen LogP) is 6.00. The molecule has 31 heavy (non-hydrogen) atoms. The molecule has 3 aromatic carbocycles. The van der Waals surface area contributed by atoms with Crippen LogP contribution in [0.3, 0.4) is 0 Å². The summed E-state index contributed by atoms with van der Waals surface area (Å²) < 4.78 is 5.22. The van der Waals surface area contributed by atoms with Crippen molar-refractivity contribution in [2.75, 3.05) is 5.01 Å². The number of esters is 1. The normalized spacial score (nSPS) is 15.5. The van der Waals surface area contributed by atoms with Crippen LogP contribution < -0.4 is 9.75 Å². The first kappa shape index (κ1) is 20.6. The molecule has 0 fully saturated rings. The molecule has 0 N–H and O–H groups in total. The van der Waals surface area contributed by atoms with E-state index >= 15 is 0 Å². The van der Waals surface area contributed by atoms with Crippen molar-refractivity contribution < 1.29 is 9.53 Å². The van der Waals surface area contributed by atoms with E-state index in [1.165, 1.54) is 11.1 Å². The van der Waals surface area contributed by atoms with E-state index < -0.39 is 5.97 Å². The van der Waals surface area contributed by atoms with Gasteiger partial charge < -0.3 is 4.74 Å². The zero-order valence-corrected chi connectivity index (χ0v) is 17.9. The highest BCUT2D eigenvalue weighted by Crippen LogP contribution is 2.37. The monoisotopic (exact) mass is 410 g/mol. The largest absolute Gasteiger partial charge is 0.423 e. The first-order valence-electron chi connectivity index (χ1n) is 10.5. The number of benzene rings is 3. The van der Waals surface area contributed by atoms with Crippen LogP contribution in [0.4, 0.5) is 5.69 Å². The Kier molecular flexibility index (Phi) is 5.99. The maximum Gasteiger partial charge on any atom is 0.335 e. The summed E-state index contributed by atoms with van der Waals surface area (Å²) in [5.41, 5.74) is 6.91. The Morgan fingerprint density at radius 3 is 2.35 bits per heavy atom. The summed E-state index contributed by atoms with van der Waals surface area (Å²) in [6.07, 6.45) is 2.98. The number of nitrogens with zero attached hydrogens (tertiary/aromatic N) is 2. The van der Waals surface area contributed by atoms with E-state index in [0.717, 1.165) is 41.4 Å². The van der Waals surface area contributed by atoms with Gasteiger partial charge in [-0.15, -0.1) is 0 Å². The van der Waals surface area contributed by atoms with Crippen molar-refractivity contribution in [1.29, 1.82) is 0 Å². The van der Waals surface area contributed by atoms with Crippen molar-refractivity contribution >= 4 is 17.4 Å². The minimum atomic E-state index is -0.462. The van der Waals surface area contributed by atoms with E-state index in [2.05, 4.69) is 74.0 Å². The van der Waals surface area contributed by atoms with E-state index in [9.17, 15) is 4.79 Å². The van der Waals surface area contributed by atoms with Crippen LogP contribution in [-0.4, -0.2) is 11.7 Å². The van der Waals surface area contributed by atoms with Crippen LogP contribution in [0.5, 0.6) is 5.75 Å². The number of hydrazone groups is 1. The molecule has 4 heteroatoms. The van der Waals surface area contributed by atoms with Crippen molar-refractivity contribution in [2.45, 2.75) is 32.7 Å². The van der Waals surface area contributed by atoms with E-state index in [-0.39, 0.29) is 6.04 Å². The summed E-state index contributed by atoms with van der Waals surface area (Å²) in [6, 6.07) is 24.8. The minimum Gasteiger partial charge on any atom is -0.423 e. The Morgan fingerprint density at radius 1 is 1.06 bits per heavy atom. The van der Waals surface area contributed by atoms with Gasteiger partial charge in [0.2, 0.25) is 0 Å². The van der Waals surface area contributed by atoms with Gasteiger partial charge in [-0.3, -0.25) is 5.01 Å². The van der Waals surface area contributed by atoms with Gasteiger partial charge in [-0.2, -0.15) is 5.10 Å². The lowest BCUT2D eigenvalue weighted by molar-refractivity contribution is -0.128. The molecule has 1 heterocycles. The zero-order chi connectivity index (χ0) is 21.8. The lowest BCUT2D eigenvalue weighted by Gasteiger charge is -2.24. The average Bonchev–Trinajstić information content (AvgIpc) is 3.25. The molecule has 0 bridgehead atoms. The molecule has 1 aliphatic heterocycles. The molecular formula is C27H26N2O2. The highest BCUT2D eigenvalue weighted by Gasteiger charge is 2.30. The smallest absolute Gasteiger partial charge is 0.335 e. The fraction of sp³-hybridized carbons (Fsp3) is 0.185. The highest BCUT2D eigenvalue weighted by atomic mass is 16.5. The molecule has 1 aliphatic rings. The van der Waals surface area contributed by atoms with Crippen LogP contribution in [0.15, 0.2) is 90.6 Å². The van der Waals surface area contributed by atoms with Crippen LogP contribution in [-0.2, 0) is 11.2 Å². The maximum atomic E-state index is 11.5. The Morgan fingerprint density at radius 2 is 1.74 bits per heavy atom. The maximum absolute atomic E-state index is 11.5. The molecule has 4 rings (SSSR count). The first-order chi connectivity index (χ1) is 15.1. The molecule has 156 valence electrons. The van der Waals surface area contributed by atoms with Gasteiger partial charge in [-0.05, 0) is 54.3 Å². The lowest BCUT2D eigenvalue weighted by Crippen LogP contribution is -2.18. The van der Waals surface area contributed by atoms with Crippen LogP contribution in [0, 0.1) is 6.92 Å². The number of hydrogen-bond acceptors (Lipinski definition) is 4. The Labute approximate surface area is 183 Å². The predicted molar refractivity (Wildman–Crippen MR) is 126 cm³/mol. The summed E-state index contributed by atoms with van der Waals surface area (Å²) in [5.74, 6) is 0.0425. The molecule has 1 atom stereocenters. The minimum absolute atomic E-state index is 0.0627. The Balaban J connectivity index is 1.65. The number of anilines is 1. The first-order valence-corrected chi connectivity index (χ1v) is 10.5. The number of aryl methyl sites for hydroxylation is 2. The fourth-order valence-corrected chi connectivity index (χ4v) is 3.73. The van der Waals surface area contributed by atoms with E-state index in [4.69, 9.17) is 9.84 Å². The van der Waals surface area contributed by atoms with Crippen LogP contribution in [0.25, 0.3) is 0 Å². The second-order valence-corrected chi connectivity index (χ2v) is 7.69. The van der Waals surface area contributed by atoms with Crippen LogP contribution >= 0.6 is 0 Å². The number of carbonyl (C=O) groups is 1. The van der Waals surface area contributed by atoms with Gasteiger partial charge in [0.15, 0.2) is 0 Å². The third kappa shape index (κ3) is 4.58. The topological polar surface area (TPSA) is 41.9 Å². The van der Waals surface area contributed by atoms with Crippen LogP contribution in [0.2, 0.25) is 0 Å². The molecule has 0 radical (unpaired) electrons. The Bertz CT molecular complexity index is 1100. The number of rotatable bonds is 6. The van der Waals surface area contributed by atoms with Crippen LogP contribution in [0.1, 0.15) is 41.6 Å². The Hall–Kier alpha value is -3.66. The van der Waals surface area contributed by atoms with E-state index in [1.807, 2.05) is 24.3 Å². The van der Waals surface area contributed by atoms with Gasteiger partial charge in [-0.25, -0.2) is 4.79 Å². The fourth-order valence-electron chi connectivity index (χ4n) is 3.73. The number of carbonyl (C=O) groups excluding carboxylic acids is 1. The molecule has 0 aliphatic carbocycles. The third-order valence-corrected chi connectivity index (χ3v) is 5.55. The molecule has 1 unspecified atom stereocenters. The van der Waals surface area contributed by atoms with Gasteiger partial charge in [0.25, 0.3) is 0 Å². The van der Waals surface area contributed by atoms with Gasteiger partial charge >= 0.3 is 5.97 Å². The third-order valence-electron chi connectivity index (χ3n) is 5.55. The average molecular weight is 411 g/mol. The summed E-state index contributed by atoms with van der Waals surface area (Å²) in [7, 11) is 0. The van der Waals surface area contributed by atoms with Gasteiger partial charge in [0.1, 0.15) is 5.75 Å². The van der Waals surface area contributed by atoms with Gasteiger partial charge in [0.05, 0.1) is 17.4 Å². The molecule has 0 amide bonds. The van der Waals surface area contributed by atoms with E-state index in [1.54, 1.807) is 0 Å². The molecule has 0 saturated carbocycles. The summed E-state index contributed by atoms with van der Waals surface area (Å²) in [5, 5.41) is 7.10. The number of hydrogen-bond donors (Lipinski definition) is 0. The van der Waals surface area contributed by atoms with Crippen molar-refractivity contribution in [3.63, 3.8) is 0 Å². The molecule has 0 saturated heterocycles. The molecule has 3 aromatic rings. The molecule has 0 aromatic heterocycles.